The molecule has 0 radical (unpaired) electrons. The molecule has 37 heavy (non-hydrogen) atoms. The first-order valence-corrected chi connectivity index (χ1v) is 15.3. The third kappa shape index (κ3) is 4.87. The summed E-state index contributed by atoms with van der Waals surface area (Å²) >= 11 is 0. The highest BCUT2D eigenvalue weighted by molar-refractivity contribution is 5.89. The highest BCUT2D eigenvalue weighted by Gasteiger charge is 2.58. The van der Waals surface area contributed by atoms with Crippen molar-refractivity contribution in [3.05, 3.63) is 59.7 Å². The number of allylic oxidation sites excluding steroid dienone is 3. The van der Waals surface area contributed by atoms with E-state index in [-0.39, 0.29) is 12.1 Å². The molecule has 4 aliphatic carbocycles. The SMILES string of the molecule is C=C(CCC(C)C1CCC2C3=CCC4CC(OC(=O)c5ccccc5)CCC4(C)C3CCC21C)C(C)C. The molecule has 1 aromatic carbocycles. The molecule has 0 bridgehead atoms. The van der Waals surface area contributed by atoms with E-state index >= 15 is 0 Å². The summed E-state index contributed by atoms with van der Waals surface area (Å²) in [5, 5.41) is 0. The molecule has 2 heteroatoms. The van der Waals surface area contributed by atoms with Crippen LogP contribution in [-0.2, 0) is 4.74 Å². The first-order chi connectivity index (χ1) is 17.6. The number of carbonyl (C=O) groups excluding carboxylic acids is 1. The minimum Gasteiger partial charge on any atom is -0.459 e. The van der Waals surface area contributed by atoms with Crippen molar-refractivity contribution in [2.75, 3.05) is 0 Å². The lowest BCUT2D eigenvalue weighted by Crippen LogP contribution is -2.50. The molecule has 0 heterocycles. The summed E-state index contributed by atoms with van der Waals surface area (Å²) in [6.45, 7) is 16.7. The van der Waals surface area contributed by atoms with Crippen LogP contribution in [0.2, 0.25) is 0 Å². The van der Waals surface area contributed by atoms with Gasteiger partial charge in [-0.3, -0.25) is 0 Å². The van der Waals surface area contributed by atoms with Gasteiger partial charge in [0.2, 0.25) is 0 Å². The lowest BCUT2D eigenvalue weighted by molar-refractivity contribution is -0.0523. The quantitative estimate of drug-likeness (QED) is 0.274. The maximum Gasteiger partial charge on any atom is 0.338 e. The molecule has 0 N–H and O–H groups in total. The number of rotatable bonds is 7. The minimum absolute atomic E-state index is 0.0619. The van der Waals surface area contributed by atoms with Crippen LogP contribution in [0.5, 0.6) is 0 Å². The van der Waals surface area contributed by atoms with Gasteiger partial charge >= 0.3 is 5.97 Å². The zero-order valence-electron chi connectivity index (χ0n) is 24.1. The highest BCUT2D eigenvalue weighted by atomic mass is 16.5. The molecule has 3 fully saturated rings. The predicted molar refractivity (Wildman–Crippen MR) is 153 cm³/mol. The molecule has 0 aliphatic heterocycles. The average Bonchev–Trinajstić information content (AvgIpc) is 3.25. The van der Waals surface area contributed by atoms with Crippen molar-refractivity contribution in [3.63, 3.8) is 0 Å². The first-order valence-electron chi connectivity index (χ1n) is 15.3. The third-order valence-electron chi connectivity index (χ3n) is 11.8. The summed E-state index contributed by atoms with van der Waals surface area (Å²) in [7, 11) is 0. The van der Waals surface area contributed by atoms with Gasteiger partial charge in [0.25, 0.3) is 0 Å². The van der Waals surface area contributed by atoms with E-state index in [1.807, 2.05) is 35.9 Å². The highest BCUT2D eigenvalue weighted by Crippen LogP contribution is 2.67. The van der Waals surface area contributed by atoms with Crippen LogP contribution < -0.4 is 0 Å². The molecular weight excluding hydrogens is 452 g/mol. The smallest absolute Gasteiger partial charge is 0.338 e. The van der Waals surface area contributed by atoms with Crippen molar-refractivity contribution in [3.8, 4) is 0 Å². The second kappa shape index (κ2) is 10.4. The summed E-state index contributed by atoms with van der Waals surface area (Å²) in [5.74, 6) is 4.21. The van der Waals surface area contributed by atoms with Crippen LogP contribution in [0.4, 0.5) is 0 Å². The van der Waals surface area contributed by atoms with Crippen molar-refractivity contribution in [2.45, 2.75) is 105 Å². The maximum absolute atomic E-state index is 12.7. The van der Waals surface area contributed by atoms with Crippen LogP contribution in [0.3, 0.4) is 0 Å². The van der Waals surface area contributed by atoms with Crippen molar-refractivity contribution >= 4 is 5.97 Å². The molecular formula is C35H50O2. The summed E-state index contributed by atoms with van der Waals surface area (Å²) in [5.41, 5.74) is 4.75. The Morgan fingerprint density at radius 2 is 1.70 bits per heavy atom. The number of hydrogen-bond donors (Lipinski definition) is 0. The van der Waals surface area contributed by atoms with Crippen LogP contribution in [0.25, 0.3) is 0 Å². The Hall–Kier alpha value is -1.83. The van der Waals surface area contributed by atoms with Crippen molar-refractivity contribution in [1.29, 1.82) is 0 Å². The van der Waals surface area contributed by atoms with Crippen LogP contribution in [0.15, 0.2) is 54.1 Å². The van der Waals surface area contributed by atoms with Gasteiger partial charge in [-0.05, 0) is 123 Å². The molecule has 202 valence electrons. The standard InChI is InChI=1S/C35H50O2/c1-23(2)24(3)12-13-25(4)30-16-17-31-29-15-14-27-22-28(37-33(36)26-10-8-7-9-11-26)18-20-34(27,5)32(29)19-21-35(30,31)6/h7-11,15,23,25,27-28,30-32H,3,12-14,16-22H2,1-2,4-6H3. The molecule has 0 spiro atoms. The molecule has 8 unspecified atom stereocenters. The maximum atomic E-state index is 12.7. The van der Waals surface area contributed by atoms with Gasteiger partial charge in [-0.1, -0.05) is 76.6 Å². The zero-order valence-corrected chi connectivity index (χ0v) is 24.1. The van der Waals surface area contributed by atoms with Gasteiger partial charge in [-0.25, -0.2) is 4.79 Å². The molecule has 2 nitrogen and oxygen atoms in total. The second-order valence-corrected chi connectivity index (χ2v) is 14.0. The average molecular weight is 503 g/mol. The lowest BCUT2D eigenvalue weighted by Gasteiger charge is -2.58. The molecule has 1 aromatic rings. The molecule has 8 atom stereocenters. The zero-order chi connectivity index (χ0) is 26.4. The van der Waals surface area contributed by atoms with Gasteiger partial charge in [0.1, 0.15) is 6.10 Å². The molecule has 0 amide bonds. The number of hydrogen-bond acceptors (Lipinski definition) is 2. The Labute approximate surface area is 226 Å². The number of benzene rings is 1. The van der Waals surface area contributed by atoms with Gasteiger partial charge < -0.3 is 4.74 Å². The van der Waals surface area contributed by atoms with E-state index in [9.17, 15) is 4.79 Å². The molecule has 0 aromatic heterocycles. The molecule has 0 saturated heterocycles. The number of ether oxygens (including phenoxy) is 1. The van der Waals surface area contributed by atoms with E-state index in [1.165, 1.54) is 56.9 Å². The van der Waals surface area contributed by atoms with E-state index in [0.717, 1.165) is 36.5 Å². The summed E-state index contributed by atoms with van der Waals surface area (Å²) in [6.07, 6.45) is 15.1. The van der Waals surface area contributed by atoms with Crippen LogP contribution >= 0.6 is 0 Å². The van der Waals surface area contributed by atoms with Crippen molar-refractivity contribution in [1.82, 2.24) is 0 Å². The van der Waals surface area contributed by atoms with Gasteiger partial charge in [0.05, 0.1) is 5.56 Å². The monoisotopic (exact) mass is 502 g/mol. The van der Waals surface area contributed by atoms with E-state index in [0.29, 0.717) is 28.2 Å². The Bertz CT molecular complexity index is 1020. The normalized spacial score (nSPS) is 37.7. The fourth-order valence-corrected chi connectivity index (χ4v) is 9.25. The van der Waals surface area contributed by atoms with Crippen LogP contribution in [0, 0.1) is 46.3 Å². The molecule has 4 aliphatic rings. The minimum atomic E-state index is -0.155. The number of fused-ring (bicyclic) bond motifs is 5. The second-order valence-electron chi connectivity index (χ2n) is 14.0. The molecule has 3 saturated carbocycles. The van der Waals surface area contributed by atoms with E-state index in [1.54, 1.807) is 0 Å². The number of carbonyl (C=O) groups is 1. The topological polar surface area (TPSA) is 26.3 Å². The van der Waals surface area contributed by atoms with Crippen LogP contribution in [-0.4, -0.2) is 12.1 Å². The summed E-state index contributed by atoms with van der Waals surface area (Å²) in [4.78, 5) is 12.7. The van der Waals surface area contributed by atoms with Crippen LogP contribution in [0.1, 0.15) is 109 Å². The van der Waals surface area contributed by atoms with Crippen molar-refractivity contribution in [2.24, 2.45) is 46.3 Å². The summed E-state index contributed by atoms with van der Waals surface area (Å²) < 4.78 is 6.02. The largest absolute Gasteiger partial charge is 0.459 e. The van der Waals surface area contributed by atoms with E-state index in [4.69, 9.17) is 4.74 Å². The predicted octanol–water partition coefficient (Wildman–Crippen LogP) is 9.42. The third-order valence-corrected chi connectivity index (χ3v) is 11.8. The first kappa shape index (κ1) is 26.8. The van der Waals surface area contributed by atoms with Gasteiger partial charge in [-0.15, -0.1) is 0 Å². The van der Waals surface area contributed by atoms with Crippen molar-refractivity contribution < 1.29 is 9.53 Å². The Morgan fingerprint density at radius 1 is 1.00 bits per heavy atom. The molecule has 5 rings (SSSR count). The van der Waals surface area contributed by atoms with E-state index in [2.05, 4.69) is 47.3 Å². The Kier molecular flexibility index (Phi) is 7.51. The number of esters is 1. The van der Waals surface area contributed by atoms with E-state index < -0.39 is 0 Å². The van der Waals surface area contributed by atoms with Gasteiger partial charge in [0.15, 0.2) is 0 Å². The van der Waals surface area contributed by atoms with Gasteiger partial charge in [-0.2, -0.15) is 0 Å². The fourth-order valence-electron chi connectivity index (χ4n) is 9.25. The Balaban J connectivity index is 1.26. The lowest BCUT2D eigenvalue weighted by atomic mass is 9.47. The summed E-state index contributed by atoms with van der Waals surface area (Å²) in [6, 6.07) is 9.49. The fraction of sp³-hybridized carbons (Fsp3) is 0.686. The Morgan fingerprint density at radius 3 is 2.43 bits per heavy atom. The van der Waals surface area contributed by atoms with Gasteiger partial charge in [0, 0.05) is 0 Å².